The Morgan fingerprint density at radius 3 is 1.94 bits per heavy atom. The third-order valence-electron chi connectivity index (χ3n) is 7.54. The number of aliphatic hydroxyl groups excluding tert-OH is 1. The number of aliphatic hydroxyl groups is 1. The molecule has 2 amide bonds. The van der Waals surface area contributed by atoms with Gasteiger partial charge in [-0.05, 0) is 76.7 Å². The second kappa shape index (κ2) is 32.7. The van der Waals surface area contributed by atoms with E-state index in [9.17, 15) is 19.2 Å². The molecule has 9 heteroatoms. The molecule has 0 saturated carbocycles. The van der Waals surface area contributed by atoms with Crippen molar-refractivity contribution in [1.29, 1.82) is 0 Å². The second-order valence-electron chi connectivity index (χ2n) is 11.9. The van der Waals surface area contributed by atoms with Crippen LogP contribution in [-0.2, 0) is 23.9 Å². The molecule has 0 aromatic heterocycles. The van der Waals surface area contributed by atoms with Gasteiger partial charge in [-0.3, -0.25) is 14.4 Å². The molecule has 0 aliphatic rings. The maximum Gasteiger partial charge on any atom is 0.328 e. The average Bonchev–Trinajstić information content (AvgIpc) is 3.05. The largest absolute Gasteiger partial charge is 0.480 e. The van der Waals surface area contributed by atoms with Gasteiger partial charge in [0.15, 0.2) is 0 Å². The van der Waals surface area contributed by atoms with Crippen molar-refractivity contribution in [2.24, 2.45) is 0 Å². The molecule has 0 heterocycles. The fraction of sp³-hybridized carbons (Fsp3) is 0.684. The first kappa shape index (κ1) is 43.8. The first-order valence-corrected chi connectivity index (χ1v) is 18.0. The Hall–Kier alpha value is -3.20. The Morgan fingerprint density at radius 1 is 0.681 bits per heavy atom. The monoisotopic (exact) mass is 660 g/mol. The van der Waals surface area contributed by atoms with Gasteiger partial charge in [-0.1, -0.05) is 101 Å². The molecular formula is C38H64N2O7. The highest BCUT2D eigenvalue weighted by Gasteiger charge is 2.18. The predicted octanol–water partition coefficient (Wildman–Crippen LogP) is 7.64. The molecule has 2 atom stereocenters. The van der Waals surface area contributed by atoms with Crippen molar-refractivity contribution < 1.29 is 34.1 Å². The standard InChI is InChI=1S/C38H64N2O7/c1-3-5-7-9-11-13-14-15-16-18-20-26-30-37(44)47-33(27-23-19-17-12-10-8-6-4-2)28-24-21-22-25-29-35(42)39-31-36(43)40-34(32-41)38(45)46/h6,8,11-13,17,23,27,33-34,41H,3-5,7,9-10,14-16,18-22,24-26,28-32H2,1-2H3,(H,39,42)(H,40,43)(H,45,46)/b8-6-,13-11-,17-12-,27-23-. The predicted molar refractivity (Wildman–Crippen MR) is 190 cm³/mol. The first-order valence-electron chi connectivity index (χ1n) is 18.0. The summed E-state index contributed by atoms with van der Waals surface area (Å²) in [6.45, 7) is 3.27. The number of esters is 1. The Labute approximate surface area is 284 Å². The molecule has 0 bridgehead atoms. The molecule has 2 unspecified atom stereocenters. The number of carbonyl (C=O) groups is 4. The van der Waals surface area contributed by atoms with Crippen molar-refractivity contribution >= 4 is 23.8 Å². The van der Waals surface area contributed by atoms with Gasteiger partial charge < -0.3 is 25.6 Å². The van der Waals surface area contributed by atoms with Crippen molar-refractivity contribution in [1.82, 2.24) is 10.6 Å². The number of amides is 2. The van der Waals surface area contributed by atoms with Crippen molar-refractivity contribution in [3.8, 4) is 0 Å². The van der Waals surface area contributed by atoms with Crippen molar-refractivity contribution in [2.75, 3.05) is 13.2 Å². The quantitative estimate of drug-likeness (QED) is 0.0340. The summed E-state index contributed by atoms with van der Waals surface area (Å²) < 4.78 is 5.83. The highest BCUT2D eigenvalue weighted by atomic mass is 16.5. The molecule has 0 aromatic rings. The van der Waals surface area contributed by atoms with Gasteiger partial charge in [-0.2, -0.15) is 0 Å². The maximum absolute atomic E-state index is 12.6. The lowest BCUT2D eigenvalue weighted by atomic mass is 10.1. The van der Waals surface area contributed by atoms with Crippen LogP contribution in [0.4, 0.5) is 0 Å². The van der Waals surface area contributed by atoms with E-state index in [1.54, 1.807) is 0 Å². The molecule has 0 saturated heterocycles. The number of rotatable bonds is 31. The lowest BCUT2D eigenvalue weighted by Crippen LogP contribution is -2.47. The number of carboxylic acids is 1. The number of unbranched alkanes of at least 4 members (excludes halogenated alkanes) is 11. The number of carbonyl (C=O) groups excluding carboxylic acids is 3. The van der Waals surface area contributed by atoms with Gasteiger partial charge in [-0.25, -0.2) is 4.79 Å². The zero-order valence-electron chi connectivity index (χ0n) is 29.3. The second-order valence-corrected chi connectivity index (χ2v) is 11.9. The minimum atomic E-state index is -1.39. The van der Waals surface area contributed by atoms with Gasteiger partial charge in [-0.15, -0.1) is 0 Å². The van der Waals surface area contributed by atoms with Gasteiger partial charge in [0.1, 0.15) is 12.1 Å². The van der Waals surface area contributed by atoms with Crippen molar-refractivity contribution in [2.45, 2.75) is 154 Å². The number of aliphatic carboxylic acids is 1. The van der Waals surface area contributed by atoms with Crippen LogP contribution in [-0.4, -0.2) is 59.3 Å². The highest BCUT2D eigenvalue weighted by molar-refractivity contribution is 5.87. The average molecular weight is 661 g/mol. The number of carboxylic acid groups (broad SMARTS) is 1. The molecule has 47 heavy (non-hydrogen) atoms. The molecule has 0 rings (SSSR count). The summed E-state index contributed by atoms with van der Waals surface area (Å²) in [6.07, 6.45) is 35.9. The normalized spacial score (nSPS) is 13.1. The van der Waals surface area contributed by atoms with E-state index in [0.717, 1.165) is 70.6 Å². The van der Waals surface area contributed by atoms with Crippen LogP contribution < -0.4 is 10.6 Å². The summed E-state index contributed by atoms with van der Waals surface area (Å²) in [7, 11) is 0. The Morgan fingerprint density at radius 2 is 1.28 bits per heavy atom. The van der Waals surface area contributed by atoms with E-state index in [2.05, 4.69) is 67.0 Å². The van der Waals surface area contributed by atoms with Crippen LogP contribution in [0.2, 0.25) is 0 Å². The first-order chi connectivity index (χ1) is 22.8. The van der Waals surface area contributed by atoms with Gasteiger partial charge in [0.25, 0.3) is 0 Å². The summed E-state index contributed by atoms with van der Waals surface area (Å²) >= 11 is 0. The topological polar surface area (TPSA) is 142 Å². The lowest BCUT2D eigenvalue weighted by Gasteiger charge is -2.15. The molecule has 0 fully saturated rings. The molecule has 0 aromatic carbocycles. The molecule has 268 valence electrons. The fourth-order valence-electron chi connectivity index (χ4n) is 4.76. The van der Waals surface area contributed by atoms with E-state index in [0.29, 0.717) is 12.8 Å². The minimum Gasteiger partial charge on any atom is -0.480 e. The minimum absolute atomic E-state index is 0.149. The third kappa shape index (κ3) is 29.9. The van der Waals surface area contributed by atoms with Crippen LogP contribution in [0.1, 0.15) is 142 Å². The van der Waals surface area contributed by atoms with E-state index in [1.165, 1.54) is 38.5 Å². The van der Waals surface area contributed by atoms with Crippen molar-refractivity contribution in [3.63, 3.8) is 0 Å². The van der Waals surface area contributed by atoms with E-state index in [1.807, 2.05) is 6.08 Å². The lowest BCUT2D eigenvalue weighted by molar-refractivity contribution is -0.147. The van der Waals surface area contributed by atoms with Crippen LogP contribution in [0, 0.1) is 0 Å². The summed E-state index contributed by atoms with van der Waals surface area (Å²) in [6, 6.07) is -1.39. The molecular weight excluding hydrogens is 596 g/mol. The number of hydrogen-bond donors (Lipinski definition) is 4. The molecule has 0 aliphatic carbocycles. The van der Waals surface area contributed by atoms with E-state index < -0.39 is 24.5 Å². The molecule has 0 radical (unpaired) electrons. The van der Waals surface area contributed by atoms with Gasteiger partial charge >= 0.3 is 11.9 Å². The summed E-state index contributed by atoms with van der Waals surface area (Å²) in [4.78, 5) is 47.3. The number of nitrogens with one attached hydrogen (secondary N) is 2. The van der Waals surface area contributed by atoms with Crippen molar-refractivity contribution in [3.05, 3.63) is 48.6 Å². The van der Waals surface area contributed by atoms with Gasteiger partial charge in [0.2, 0.25) is 11.8 Å². The smallest absolute Gasteiger partial charge is 0.328 e. The number of ether oxygens (including phenoxy) is 1. The van der Waals surface area contributed by atoms with Gasteiger partial charge in [0.05, 0.1) is 13.2 Å². The van der Waals surface area contributed by atoms with E-state index >= 15 is 0 Å². The molecule has 9 nitrogen and oxygen atoms in total. The van der Waals surface area contributed by atoms with Crippen LogP contribution in [0.15, 0.2) is 48.6 Å². The SMILES string of the molecule is CC/C=C\C/C=C\C/C=C\C(CCCCCCC(=O)NCC(=O)NC(CO)C(=O)O)OC(=O)CCCCCCC/C=C\CCCCC. The van der Waals surface area contributed by atoms with Crippen LogP contribution >= 0.6 is 0 Å². The fourth-order valence-corrected chi connectivity index (χ4v) is 4.76. The zero-order chi connectivity index (χ0) is 34.8. The summed E-state index contributed by atoms with van der Waals surface area (Å²) in [5, 5.41) is 22.4. The number of hydrogen-bond acceptors (Lipinski definition) is 6. The third-order valence-corrected chi connectivity index (χ3v) is 7.54. The molecule has 0 aliphatic heterocycles. The van der Waals surface area contributed by atoms with Crippen LogP contribution in [0.5, 0.6) is 0 Å². The van der Waals surface area contributed by atoms with Crippen LogP contribution in [0.3, 0.4) is 0 Å². The van der Waals surface area contributed by atoms with Crippen LogP contribution in [0.25, 0.3) is 0 Å². The Balaban J connectivity index is 4.40. The van der Waals surface area contributed by atoms with E-state index in [4.69, 9.17) is 14.9 Å². The maximum atomic E-state index is 12.6. The Kier molecular flexibility index (Phi) is 30.5. The zero-order valence-corrected chi connectivity index (χ0v) is 29.3. The Bertz CT molecular complexity index is 942. The van der Waals surface area contributed by atoms with Gasteiger partial charge in [0, 0.05) is 12.8 Å². The summed E-state index contributed by atoms with van der Waals surface area (Å²) in [5.41, 5.74) is 0. The summed E-state index contributed by atoms with van der Waals surface area (Å²) in [5.74, 6) is -2.46. The van der Waals surface area contributed by atoms with E-state index in [-0.39, 0.29) is 30.9 Å². The highest BCUT2D eigenvalue weighted by Crippen LogP contribution is 2.14. The number of allylic oxidation sites excluding steroid dienone is 7. The molecule has 0 spiro atoms. The molecule has 4 N–H and O–H groups in total.